The maximum atomic E-state index is 6.31. The number of hydrogen-bond donors (Lipinski definition) is 1. The highest BCUT2D eigenvalue weighted by Gasteiger charge is 2.27. The zero-order chi connectivity index (χ0) is 14.7. The van der Waals surface area contributed by atoms with Gasteiger partial charge in [0.1, 0.15) is 12.4 Å². The maximum Gasteiger partial charge on any atom is 0.161 e. The largest absolute Gasteiger partial charge is 0.494 e. The first-order valence-electron chi connectivity index (χ1n) is 7.14. The van der Waals surface area contributed by atoms with Gasteiger partial charge < -0.3 is 19.9 Å². The third-order valence-electron chi connectivity index (χ3n) is 3.51. The first kappa shape index (κ1) is 13.8. The summed E-state index contributed by atoms with van der Waals surface area (Å²) in [6, 6.07) is 15.2. The second-order valence-corrected chi connectivity index (χ2v) is 4.94. The summed E-state index contributed by atoms with van der Waals surface area (Å²) in [4.78, 5) is 0. The van der Waals surface area contributed by atoms with E-state index in [1.54, 1.807) is 0 Å². The molecule has 2 unspecified atom stereocenters. The van der Waals surface area contributed by atoms with Crippen LogP contribution in [-0.4, -0.2) is 19.3 Å². The van der Waals surface area contributed by atoms with Crippen LogP contribution >= 0.6 is 0 Å². The molecule has 1 aliphatic rings. The van der Waals surface area contributed by atoms with Crippen molar-refractivity contribution < 1.29 is 14.2 Å². The molecule has 0 saturated carbocycles. The Balaban J connectivity index is 1.72. The topological polar surface area (TPSA) is 53.7 Å². The van der Waals surface area contributed by atoms with Gasteiger partial charge in [-0.25, -0.2) is 0 Å². The molecule has 4 nitrogen and oxygen atoms in total. The van der Waals surface area contributed by atoms with E-state index in [0.29, 0.717) is 13.2 Å². The second kappa shape index (κ2) is 6.06. The highest BCUT2D eigenvalue weighted by atomic mass is 16.6. The molecular weight excluding hydrogens is 266 g/mol. The van der Waals surface area contributed by atoms with E-state index in [0.717, 1.165) is 22.8 Å². The molecule has 110 valence electrons. The Bertz CT molecular complexity index is 597. The molecule has 2 N–H and O–H groups in total. The molecule has 0 aliphatic carbocycles. The summed E-state index contributed by atoms with van der Waals surface area (Å²) in [5.74, 6) is 2.36. The Labute approximate surface area is 124 Å². The van der Waals surface area contributed by atoms with E-state index < -0.39 is 0 Å². The van der Waals surface area contributed by atoms with Crippen molar-refractivity contribution in [1.29, 1.82) is 0 Å². The van der Waals surface area contributed by atoms with Gasteiger partial charge in [-0.1, -0.05) is 24.3 Å². The lowest BCUT2D eigenvalue weighted by molar-refractivity contribution is 0.0721. The minimum absolute atomic E-state index is 0.196. The van der Waals surface area contributed by atoms with Crippen molar-refractivity contribution in [2.75, 3.05) is 13.2 Å². The van der Waals surface area contributed by atoms with Crippen LogP contribution in [0.15, 0.2) is 48.5 Å². The number of benzene rings is 2. The summed E-state index contributed by atoms with van der Waals surface area (Å²) < 4.78 is 17.1. The van der Waals surface area contributed by atoms with Crippen molar-refractivity contribution in [3.63, 3.8) is 0 Å². The molecule has 2 aromatic carbocycles. The first-order chi connectivity index (χ1) is 10.3. The van der Waals surface area contributed by atoms with Crippen LogP contribution in [0, 0.1) is 0 Å². The SMILES string of the molecule is CCOc1ccc(C(N)C2COc3ccccc3O2)cc1. The van der Waals surface area contributed by atoms with Crippen molar-refractivity contribution >= 4 is 0 Å². The van der Waals surface area contributed by atoms with Gasteiger partial charge in [-0.2, -0.15) is 0 Å². The number of para-hydroxylation sites is 2. The van der Waals surface area contributed by atoms with Crippen LogP contribution in [0.4, 0.5) is 0 Å². The van der Waals surface area contributed by atoms with Crippen LogP contribution in [0.1, 0.15) is 18.5 Å². The second-order valence-electron chi connectivity index (χ2n) is 4.94. The highest BCUT2D eigenvalue weighted by Crippen LogP contribution is 2.33. The van der Waals surface area contributed by atoms with Gasteiger partial charge in [-0.3, -0.25) is 0 Å². The molecule has 0 bridgehead atoms. The molecule has 4 heteroatoms. The maximum absolute atomic E-state index is 6.31. The third-order valence-corrected chi connectivity index (χ3v) is 3.51. The van der Waals surface area contributed by atoms with Gasteiger partial charge in [0.15, 0.2) is 17.6 Å². The van der Waals surface area contributed by atoms with E-state index in [4.69, 9.17) is 19.9 Å². The predicted octanol–water partition coefficient (Wildman–Crippen LogP) is 2.93. The summed E-state index contributed by atoms with van der Waals surface area (Å²) in [7, 11) is 0. The van der Waals surface area contributed by atoms with Crippen molar-refractivity contribution in [3.8, 4) is 17.2 Å². The van der Waals surface area contributed by atoms with Crippen molar-refractivity contribution in [2.24, 2.45) is 5.73 Å². The number of ether oxygens (including phenoxy) is 3. The number of fused-ring (bicyclic) bond motifs is 1. The fraction of sp³-hybridized carbons (Fsp3) is 0.294. The van der Waals surface area contributed by atoms with Gasteiger partial charge in [0.2, 0.25) is 0 Å². The predicted molar refractivity (Wildman–Crippen MR) is 80.9 cm³/mol. The van der Waals surface area contributed by atoms with Crippen LogP contribution in [0.2, 0.25) is 0 Å². The average molecular weight is 285 g/mol. The lowest BCUT2D eigenvalue weighted by Gasteiger charge is -2.30. The molecule has 0 fully saturated rings. The number of hydrogen-bond acceptors (Lipinski definition) is 4. The number of rotatable bonds is 4. The lowest BCUT2D eigenvalue weighted by Crippen LogP contribution is -2.38. The van der Waals surface area contributed by atoms with Crippen LogP contribution in [0.5, 0.6) is 17.2 Å². The Morgan fingerprint density at radius 3 is 2.57 bits per heavy atom. The molecule has 1 aliphatic heterocycles. The summed E-state index contributed by atoms with van der Waals surface area (Å²) in [6.45, 7) is 3.07. The minimum atomic E-state index is -0.242. The average Bonchev–Trinajstić information content (AvgIpc) is 2.55. The molecule has 1 heterocycles. The normalized spacial score (nSPS) is 18.1. The van der Waals surface area contributed by atoms with Gasteiger partial charge in [-0.15, -0.1) is 0 Å². The molecule has 2 atom stereocenters. The summed E-state index contributed by atoms with van der Waals surface area (Å²) in [5.41, 5.74) is 7.31. The molecule has 0 spiro atoms. The minimum Gasteiger partial charge on any atom is -0.494 e. The summed E-state index contributed by atoms with van der Waals surface area (Å²) in [6.07, 6.45) is -0.196. The van der Waals surface area contributed by atoms with Gasteiger partial charge >= 0.3 is 0 Å². The van der Waals surface area contributed by atoms with Crippen LogP contribution in [0.3, 0.4) is 0 Å². The van der Waals surface area contributed by atoms with E-state index in [1.807, 2.05) is 55.5 Å². The van der Waals surface area contributed by atoms with Crippen LogP contribution in [-0.2, 0) is 0 Å². The zero-order valence-corrected chi connectivity index (χ0v) is 12.0. The molecule has 0 radical (unpaired) electrons. The zero-order valence-electron chi connectivity index (χ0n) is 12.0. The van der Waals surface area contributed by atoms with Crippen molar-refractivity contribution in [1.82, 2.24) is 0 Å². The monoisotopic (exact) mass is 285 g/mol. The van der Waals surface area contributed by atoms with Gasteiger partial charge in [0.25, 0.3) is 0 Å². The van der Waals surface area contributed by atoms with E-state index >= 15 is 0 Å². The van der Waals surface area contributed by atoms with E-state index in [2.05, 4.69) is 0 Å². The Morgan fingerprint density at radius 1 is 1.14 bits per heavy atom. The summed E-state index contributed by atoms with van der Waals surface area (Å²) in [5, 5.41) is 0. The van der Waals surface area contributed by atoms with Gasteiger partial charge in [0, 0.05) is 0 Å². The molecule has 0 amide bonds. The van der Waals surface area contributed by atoms with Gasteiger partial charge in [-0.05, 0) is 36.8 Å². The Kier molecular flexibility index (Phi) is 3.97. The van der Waals surface area contributed by atoms with E-state index in [1.165, 1.54) is 0 Å². The quantitative estimate of drug-likeness (QED) is 0.938. The van der Waals surface area contributed by atoms with Crippen LogP contribution in [0.25, 0.3) is 0 Å². The van der Waals surface area contributed by atoms with Crippen molar-refractivity contribution in [2.45, 2.75) is 19.1 Å². The molecular formula is C17H19NO3. The fourth-order valence-electron chi connectivity index (χ4n) is 2.38. The smallest absolute Gasteiger partial charge is 0.161 e. The lowest BCUT2D eigenvalue weighted by atomic mass is 10.0. The standard InChI is InChI=1S/C17H19NO3/c1-2-19-13-9-7-12(8-10-13)17(18)16-11-20-14-5-3-4-6-15(14)21-16/h3-10,16-17H,2,11,18H2,1H3. The molecule has 2 aromatic rings. The molecule has 3 rings (SSSR count). The van der Waals surface area contributed by atoms with Gasteiger partial charge in [0.05, 0.1) is 12.6 Å². The van der Waals surface area contributed by atoms with Crippen LogP contribution < -0.4 is 19.9 Å². The molecule has 21 heavy (non-hydrogen) atoms. The molecule has 0 saturated heterocycles. The molecule has 0 aromatic heterocycles. The summed E-state index contributed by atoms with van der Waals surface area (Å²) >= 11 is 0. The Hall–Kier alpha value is -2.20. The first-order valence-corrected chi connectivity index (χ1v) is 7.14. The van der Waals surface area contributed by atoms with E-state index in [9.17, 15) is 0 Å². The van der Waals surface area contributed by atoms with E-state index in [-0.39, 0.29) is 12.1 Å². The third kappa shape index (κ3) is 2.95. The van der Waals surface area contributed by atoms with Crippen molar-refractivity contribution in [3.05, 3.63) is 54.1 Å². The fourth-order valence-corrected chi connectivity index (χ4v) is 2.38. The number of nitrogens with two attached hydrogens (primary N) is 1. The highest BCUT2D eigenvalue weighted by molar-refractivity contribution is 5.41. The Morgan fingerprint density at radius 2 is 1.86 bits per heavy atom.